The highest BCUT2D eigenvalue weighted by Crippen LogP contribution is 2.01. The van der Waals surface area contributed by atoms with Gasteiger partial charge in [0.1, 0.15) is 0 Å². The number of aromatic nitrogens is 2. The van der Waals surface area contributed by atoms with E-state index in [-0.39, 0.29) is 5.91 Å². The lowest BCUT2D eigenvalue weighted by Gasteiger charge is -2.06. The quantitative estimate of drug-likeness (QED) is 0.662. The number of methoxy groups -OCH3 is 1. The number of amides is 1. The van der Waals surface area contributed by atoms with Crippen LogP contribution in [-0.4, -0.2) is 42.7 Å². The highest BCUT2D eigenvalue weighted by Gasteiger charge is 2.06. The third-order valence-electron chi connectivity index (χ3n) is 2.54. The van der Waals surface area contributed by atoms with Gasteiger partial charge in [-0.2, -0.15) is 0 Å². The van der Waals surface area contributed by atoms with Crippen LogP contribution < -0.4 is 10.6 Å². The van der Waals surface area contributed by atoms with Gasteiger partial charge in [-0.25, -0.2) is 9.97 Å². The Morgan fingerprint density at radius 3 is 2.63 bits per heavy atom. The van der Waals surface area contributed by atoms with Crippen molar-refractivity contribution in [2.24, 2.45) is 0 Å². The van der Waals surface area contributed by atoms with E-state index in [4.69, 9.17) is 4.74 Å². The van der Waals surface area contributed by atoms with Crippen molar-refractivity contribution in [2.45, 2.75) is 26.2 Å². The second-order valence-corrected chi connectivity index (χ2v) is 4.18. The van der Waals surface area contributed by atoms with Crippen LogP contribution in [0.25, 0.3) is 0 Å². The molecule has 0 aliphatic rings. The highest BCUT2D eigenvalue weighted by molar-refractivity contribution is 5.93. The molecule has 1 amide bonds. The van der Waals surface area contributed by atoms with Gasteiger partial charge in [-0.3, -0.25) is 4.79 Å². The topological polar surface area (TPSA) is 76.1 Å². The molecule has 0 saturated carbocycles. The van der Waals surface area contributed by atoms with Gasteiger partial charge < -0.3 is 15.4 Å². The van der Waals surface area contributed by atoms with E-state index in [0.29, 0.717) is 24.7 Å². The molecule has 19 heavy (non-hydrogen) atoms. The lowest BCUT2D eigenvalue weighted by atomic mass is 10.3. The summed E-state index contributed by atoms with van der Waals surface area (Å²) in [4.78, 5) is 19.9. The van der Waals surface area contributed by atoms with Crippen LogP contribution >= 0.6 is 0 Å². The summed E-state index contributed by atoms with van der Waals surface area (Å²) < 4.78 is 4.91. The van der Waals surface area contributed by atoms with Gasteiger partial charge in [0.15, 0.2) is 0 Å². The molecule has 0 aliphatic heterocycles. The number of hydrogen-bond acceptors (Lipinski definition) is 5. The van der Waals surface area contributed by atoms with E-state index in [1.54, 1.807) is 7.11 Å². The lowest BCUT2D eigenvalue weighted by Crippen LogP contribution is -2.25. The zero-order valence-electron chi connectivity index (χ0n) is 11.6. The first-order valence-electron chi connectivity index (χ1n) is 6.61. The highest BCUT2D eigenvalue weighted by atomic mass is 16.5. The van der Waals surface area contributed by atoms with Crippen molar-refractivity contribution >= 4 is 11.9 Å². The van der Waals surface area contributed by atoms with E-state index >= 15 is 0 Å². The van der Waals surface area contributed by atoms with Gasteiger partial charge in [-0.1, -0.05) is 13.3 Å². The molecule has 0 radical (unpaired) electrons. The number of rotatable bonds is 9. The Balaban J connectivity index is 2.35. The molecule has 0 fully saturated rings. The fraction of sp³-hybridized carbons (Fsp3) is 0.615. The average molecular weight is 266 g/mol. The summed E-state index contributed by atoms with van der Waals surface area (Å²) >= 11 is 0. The van der Waals surface area contributed by atoms with E-state index < -0.39 is 0 Å². The second kappa shape index (κ2) is 9.27. The molecule has 0 bridgehead atoms. The zero-order valence-corrected chi connectivity index (χ0v) is 11.6. The van der Waals surface area contributed by atoms with Crippen molar-refractivity contribution in [3.63, 3.8) is 0 Å². The van der Waals surface area contributed by atoms with Gasteiger partial charge >= 0.3 is 0 Å². The van der Waals surface area contributed by atoms with Crippen LogP contribution in [0.2, 0.25) is 0 Å². The molecule has 6 nitrogen and oxygen atoms in total. The van der Waals surface area contributed by atoms with Gasteiger partial charge in [-0.15, -0.1) is 0 Å². The summed E-state index contributed by atoms with van der Waals surface area (Å²) in [6.45, 7) is 4.19. The Labute approximate surface area is 114 Å². The molecular formula is C13H22N4O2. The van der Waals surface area contributed by atoms with Crippen molar-refractivity contribution in [3.8, 4) is 0 Å². The minimum atomic E-state index is -0.156. The zero-order chi connectivity index (χ0) is 13.9. The molecule has 106 valence electrons. The van der Waals surface area contributed by atoms with Crippen LogP contribution in [-0.2, 0) is 4.74 Å². The number of carbonyl (C=O) groups is 1. The second-order valence-electron chi connectivity index (χ2n) is 4.18. The maximum atomic E-state index is 11.7. The van der Waals surface area contributed by atoms with Gasteiger partial charge in [0, 0.05) is 39.2 Å². The number of carbonyl (C=O) groups excluding carboxylic acids is 1. The van der Waals surface area contributed by atoms with Crippen molar-refractivity contribution in [3.05, 3.63) is 18.0 Å². The average Bonchev–Trinajstić information content (AvgIpc) is 2.44. The van der Waals surface area contributed by atoms with Gasteiger partial charge in [-0.05, 0) is 12.8 Å². The van der Waals surface area contributed by atoms with E-state index in [0.717, 1.165) is 25.8 Å². The first kappa shape index (κ1) is 15.4. The molecule has 0 spiro atoms. The smallest absolute Gasteiger partial charge is 0.254 e. The lowest BCUT2D eigenvalue weighted by molar-refractivity contribution is 0.0948. The Morgan fingerprint density at radius 2 is 2.00 bits per heavy atom. The number of hydrogen-bond donors (Lipinski definition) is 2. The van der Waals surface area contributed by atoms with Crippen LogP contribution in [0.5, 0.6) is 0 Å². The molecule has 0 saturated heterocycles. The third kappa shape index (κ3) is 6.15. The Hall–Kier alpha value is -1.69. The first-order valence-corrected chi connectivity index (χ1v) is 6.61. The third-order valence-corrected chi connectivity index (χ3v) is 2.54. The molecule has 1 aromatic heterocycles. The van der Waals surface area contributed by atoms with E-state index in [1.165, 1.54) is 12.4 Å². The van der Waals surface area contributed by atoms with E-state index in [9.17, 15) is 4.79 Å². The number of unbranched alkanes of at least 4 members (excludes halogenated alkanes) is 1. The van der Waals surface area contributed by atoms with Gasteiger partial charge in [0.2, 0.25) is 5.95 Å². The summed E-state index contributed by atoms with van der Waals surface area (Å²) in [5.74, 6) is 0.403. The molecule has 6 heteroatoms. The Kier molecular flexibility index (Phi) is 7.50. The molecule has 0 unspecified atom stereocenters. The van der Waals surface area contributed by atoms with Crippen LogP contribution in [0.15, 0.2) is 12.4 Å². The van der Waals surface area contributed by atoms with Gasteiger partial charge in [0.25, 0.3) is 5.91 Å². The van der Waals surface area contributed by atoms with Crippen LogP contribution in [0, 0.1) is 0 Å². The molecule has 0 aromatic carbocycles. The summed E-state index contributed by atoms with van der Waals surface area (Å²) in [5, 5.41) is 5.89. The SMILES string of the molecule is CCCCNc1ncc(C(=O)NCCCOC)cn1. The fourth-order valence-electron chi connectivity index (χ4n) is 1.43. The molecule has 0 aliphatic carbocycles. The monoisotopic (exact) mass is 266 g/mol. The maximum Gasteiger partial charge on any atom is 0.254 e. The van der Waals surface area contributed by atoms with E-state index in [1.807, 2.05) is 0 Å². The maximum absolute atomic E-state index is 11.7. The summed E-state index contributed by atoms with van der Waals surface area (Å²) in [7, 11) is 1.64. The van der Waals surface area contributed by atoms with Gasteiger partial charge in [0.05, 0.1) is 5.56 Å². The summed E-state index contributed by atoms with van der Waals surface area (Å²) in [5.41, 5.74) is 0.471. The standard InChI is InChI=1S/C13H22N4O2/c1-3-4-6-15-13-16-9-11(10-17-13)12(18)14-7-5-8-19-2/h9-10H,3-8H2,1-2H3,(H,14,18)(H,15,16,17). The molecule has 1 heterocycles. The van der Waals surface area contributed by atoms with Crippen LogP contribution in [0.4, 0.5) is 5.95 Å². The van der Waals surface area contributed by atoms with Crippen molar-refractivity contribution in [1.29, 1.82) is 0 Å². The molecule has 0 atom stereocenters. The number of ether oxygens (including phenoxy) is 1. The largest absolute Gasteiger partial charge is 0.385 e. The predicted octanol–water partition coefficient (Wildman–Crippen LogP) is 1.45. The van der Waals surface area contributed by atoms with Crippen molar-refractivity contribution in [1.82, 2.24) is 15.3 Å². The minimum Gasteiger partial charge on any atom is -0.385 e. The van der Waals surface area contributed by atoms with Crippen LogP contribution in [0.3, 0.4) is 0 Å². The van der Waals surface area contributed by atoms with Crippen LogP contribution in [0.1, 0.15) is 36.5 Å². The first-order chi connectivity index (χ1) is 9.27. The minimum absolute atomic E-state index is 0.156. The summed E-state index contributed by atoms with van der Waals surface area (Å²) in [6.07, 6.45) is 6.06. The number of nitrogens with one attached hydrogen (secondary N) is 2. The number of anilines is 1. The summed E-state index contributed by atoms with van der Waals surface area (Å²) in [6, 6.07) is 0. The Morgan fingerprint density at radius 1 is 1.26 bits per heavy atom. The predicted molar refractivity (Wildman–Crippen MR) is 74.3 cm³/mol. The van der Waals surface area contributed by atoms with Crippen molar-refractivity contribution in [2.75, 3.05) is 32.1 Å². The molecular weight excluding hydrogens is 244 g/mol. The molecule has 2 N–H and O–H groups in total. The fourth-order valence-corrected chi connectivity index (χ4v) is 1.43. The van der Waals surface area contributed by atoms with Crippen molar-refractivity contribution < 1.29 is 9.53 Å². The van der Waals surface area contributed by atoms with E-state index in [2.05, 4.69) is 27.5 Å². The normalized spacial score (nSPS) is 10.2. The Bertz CT molecular complexity index is 367. The number of nitrogens with zero attached hydrogens (tertiary/aromatic N) is 2. The molecule has 1 aromatic rings. The molecule has 1 rings (SSSR count).